The third-order valence-corrected chi connectivity index (χ3v) is 4.72. The number of hydrogen-bond acceptors (Lipinski definition) is 3. The Morgan fingerprint density at radius 3 is 2.84 bits per heavy atom. The maximum absolute atomic E-state index is 12.1. The van der Waals surface area contributed by atoms with Gasteiger partial charge in [-0.25, -0.2) is 4.79 Å². The monoisotopic (exact) mass is 282 g/mol. The van der Waals surface area contributed by atoms with E-state index in [1.165, 1.54) is 5.56 Å². The minimum absolute atomic E-state index is 0.177. The number of carbonyl (C=O) groups is 2. The van der Waals surface area contributed by atoms with Crippen LogP contribution in [0.3, 0.4) is 0 Å². The molecule has 1 saturated heterocycles. The van der Waals surface area contributed by atoms with Gasteiger partial charge < -0.3 is 15.3 Å². The second-order valence-electron chi connectivity index (χ2n) is 4.85. The Hall–Kier alpha value is -1.56. The van der Waals surface area contributed by atoms with Gasteiger partial charge in [0.25, 0.3) is 0 Å². The number of carbonyl (C=O) groups excluding carboxylic acids is 1. The van der Waals surface area contributed by atoms with E-state index in [4.69, 9.17) is 5.11 Å². The topological polar surface area (TPSA) is 69.6 Å². The lowest BCUT2D eigenvalue weighted by Crippen LogP contribution is -2.43. The van der Waals surface area contributed by atoms with E-state index in [9.17, 15) is 9.59 Å². The van der Waals surface area contributed by atoms with E-state index in [2.05, 4.69) is 5.32 Å². The van der Waals surface area contributed by atoms with Gasteiger partial charge in [-0.3, -0.25) is 4.79 Å². The number of amides is 2. The number of hydrogen-bond donors (Lipinski definition) is 2. The van der Waals surface area contributed by atoms with Crippen LogP contribution in [0.5, 0.6) is 0 Å². The van der Waals surface area contributed by atoms with Gasteiger partial charge in [0.05, 0.1) is 12.5 Å². The first-order valence-corrected chi connectivity index (χ1v) is 7.19. The SMILES string of the molecule is Cc1ccsc1CNC(=O)N1CCC(C(=O)O)C1C. The Labute approximate surface area is 116 Å². The largest absolute Gasteiger partial charge is 0.481 e. The normalized spacial score (nSPS) is 22.5. The number of likely N-dealkylation sites (tertiary alicyclic amines) is 1. The third kappa shape index (κ3) is 2.89. The number of rotatable bonds is 3. The number of nitrogens with one attached hydrogen (secondary N) is 1. The van der Waals surface area contributed by atoms with E-state index in [0.29, 0.717) is 19.5 Å². The third-order valence-electron chi connectivity index (χ3n) is 3.70. The zero-order valence-electron chi connectivity index (χ0n) is 11.0. The van der Waals surface area contributed by atoms with Gasteiger partial charge in [0.2, 0.25) is 0 Å². The fraction of sp³-hybridized carbons (Fsp3) is 0.538. The molecule has 6 heteroatoms. The summed E-state index contributed by atoms with van der Waals surface area (Å²) in [6.07, 6.45) is 0.530. The predicted octanol–water partition coefficient (Wildman–Crippen LogP) is 2.06. The summed E-state index contributed by atoms with van der Waals surface area (Å²) in [5, 5.41) is 13.9. The summed E-state index contributed by atoms with van der Waals surface area (Å²) < 4.78 is 0. The van der Waals surface area contributed by atoms with Gasteiger partial charge in [-0.2, -0.15) is 0 Å². The van der Waals surface area contributed by atoms with Crippen LogP contribution in [-0.2, 0) is 11.3 Å². The molecule has 0 spiro atoms. The molecule has 104 valence electrons. The van der Waals surface area contributed by atoms with Crippen molar-refractivity contribution in [2.45, 2.75) is 32.9 Å². The summed E-state index contributed by atoms with van der Waals surface area (Å²) in [6.45, 7) is 4.81. The molecular weight excluding hydrogens is 264 g/mol. The van der Waals surface area contributed by atoms with Gasteiger partial charge in [-0.15, -0.1) is 11.3 Å². The number of carboxylic acids is 1. The number of aryl methyl sites for hydroxylation is 1. The van der Waals surface area contributed by atoms with Crippen LogP contribution >= 0.6 is 11.3 Å². The fourth-order valence-corrected chi connectivity index (χ4v) is 3.25. The summed E-state index contributed by atoms with van der Waals surface area (Å²) >= 11 is 1.61. The van der Waals surface area contributed by atoms with Gasteiger partial charge in [0.15, 0.2) is 0 Å². The minimum Gasteiger partial charge on any atom is -0.481 e. The lowest BCUT2D eigenvalue weighted by molar-refractivity contribution is -0.142. The first-order chi connectivity index (χ1) is 9.00. The maximum Gasteiger partial charge on any atom is 0.317 e. The molecule has 2 unspecified atom stereocenters. The Bertz CT molecular complexity index is 486. The molecule has 0 aliphatic carbocycles. The van der Waals surface area contributed by atoms with Crippen molar-refractivity contribution in [1.82, 2.24) is 10.2 Å². The highest BCUT2D eigenvalue weighted by molar-refractivity contribution is 7.10. The maximum atomic E-state index is 12.1. The van der Waals surface area contributed by atoms with Crippen LogP contribution in [0.25, 0.3) is 0 Å². The van der Waals surface area contributed by atoms with Crippen LogP contribution in [0.4, 0.5) is 4.79 Å². The molecule has 1 fully saturated rings. The molecule has 2 heterocycles. The second kappa shape index (κ2) is 5.61. The first kappa shape index (κ1) is 13.9. The van der Waals surface area contributed by atoms with Gasteiger partial charge in [-0.05, 0) is 37.3 Å². The van der Waals surface area contributed by atoms with Crippen LogP contribution < -0.4 is 5.32 Å². The van der Waals surface area contributed by atoms with Crippen LogP contribution in [0, 0.1) is 12.8 Å². The Balaban J connectivity index is 1.91. The van der Waals surface area contributed by atoms with E-state index in [1.807, 2.05) is 18.4 Å². The Kier molecular flexibility index (Phi) is 4.09. The van der Waals surface area contributed by atoms with Crippen molar-refractivity contribution < 1.29 is 14.7 Å². The lowest BCUT2D eigenvalue weighted by atomic mass is 10.0. The van der Waals surface area contributed by atoms with Gasteiger partial charge in [-0.1, -0.05) is 0 Å². The molecule has 1 aliphatic rings. The standard InChI is InChI=1S/C13H18N2O3S/c1-8-4-6-19-11(8)7-14-13(18)15-5-3-10(9(15)2)12(16)17/h4,6,9-10H,3,5,7H2,1-2H3,(H,14,18)(H,16,17). The van der Waals surface area contributed by atoms with Crippen molar-refractivity contribution in [3.8, 4) is 0 Å². The lowest BCUT2D eigenvalue weighted by Gasteiger charge is -2.23. The van der Waals surface area contributed by atoms with E-state index < -0.39 is 11.9 Å². The molecule has 2 rings (SSSR count). The first-order valence-electron chi connectivity index (χ1n) is 6.31. The summed E-state index contributed by atoms with van der Waals surface area (Å²) in [6, 6.07) is 1.59. The van der Waals surface area contributed by atoms with Crippen molar-refractivity contribution >= 4 is 23.3 Å². The van der Waals surface area contributed by atoms with Crippen LogP contribution in [-0.4, -0.2) is 34.6 Å². The quantitative estimate of drug-likeness (QED) is 0.891. The highest BCUT2D eigenvalue weighted by Crippen LogP contribution is 2.24. The Morgan fingerprint density at radius 2 is 2.32 bits per heavy atom. The van der Waals surface area contributed by atoms with Crippen molar-refractivity contribution in [3.05, 3.63) is 21.9 Å². The number of aliphatic carboxylic acids is 1. The summed E-state index contributed by atoms with van der Waals surface area (Å²) in [7, 11) is 0. The molecular formula is C13H18N2O3S. The molecule has 0 aromatic carbocycles. The highest BCUT2D eigenvalue weighted by atomic mass is 32.1. The van der Waals surface area contributed by atoms with Crippen molar-refractivity contribution in [2.75, 3.05) is 6.54 Å². The molecule has 0 bridgehead atoms. The van der Waals surface area contributed by atoms with Crippen LogP contribution in [0.2, 0.25) is 0 Å². The second-order valence-corrected chi connectivity index (χ2v) is 5.85. The molecule has 2 N–H and O–H groups in total. The van der Waals surface area contributed by atoms with E-state index >= 15 is 0 Å². The average Bonchev–Trinajstić information content (AvgIpc) is 2.92. The number of carboxylic acid groups (broad SMARTS) is 1. The molecule has 2 atom stereocenters. The zero-order valence-corrected chi connectivity index (χ0v) is 11.9. The van der Waals surface area contributed by atoms with Crippen molar-refractivity contribution in [3.63, 3.8) is 0 Å². The summed E-state index contributed by atoms with van der Waals surface area (Å²) in [5.41, 5.74) is 1.17. The van der Waals surface area contributed by atoms with Crippen LogP contribution in [0.15, 0.2) is 11.4 Å². The number of thiophene rings is 1. The molecule has 0 saturated carbocycles. The number of urea groups is 1. The van der Waals surface area contributed by atoms with Gasteiger partial charge in [0.1, 0.15) is 0 Å². The molecule has 0 radical (unpaired) electrons. The van der Waals surface area contributed by atoms with E-state index in [0.717, 1.165) is 4.88 Å². The smallest absolute Gasteiger partial charge is 0.317 e. The molecule has 19 heavy (non-hydrogen) atoms. The molecule has 5 nitrogen and oxygen atoms in total. The molecule has 2 amide bonds. The fourth-order valence-electron chi connectivity index (χ4n) is 2.40. The molecule has 1 aromatic heterocycles. The molecule has 1 aliphatic heterocycles. The molecule has 1 aromatic rings. The highest BCUT2D eigenvalue weighted by Gasteiger charge is 2.37. The van der Waals surface area contributed by atoms with Gasteiger partial charge >= 0.3 is 12.0 Å². The number of nitrogens with zero attached hydrogens (tertiary/aromatic N) is 1. The van der Waals surface area contributed by atoms with Crippen molar-refractivity contribution in [2.24, 2.45) is 5.92 Å². The minimum atomic E-state index is -0.822. The summed E-state index contributed by atoms with van der Waals surface area (Å²) in [5.74, 6) is -1.27. The zero-order chi connectivity index (χ0) is 14.0. The van der Waals surface area contributed by atoms with Gasteiger partial charge in [0, 0.05) is 17.5 Å². The Morgan fingerprint density at radius 1 is 1.58 bits per heavy atom. The van der Waals surface area contributed by atoms with Crippen LogP contribution in [0.1, 0.15) is 23.8 Å². The average molecular weight is 282 g/mol. The van der Waals surface area contributed by atoms with E-state index in [-0.39, 0.29) is 12.1 Å². The van der Waals surface area contributed by atoms with E-state index in [1.54, 1.807) is 23.2 Å². The summed E-state index contributed by atoms with van der Waals surface area (Å²) in [4.78, 5) is 25.8. The van der Waals surface area contributed by atoms with Crippen molar-refractivity contribution in [1.29, 1.82) is 0 Å². The predicted molar refractivity (Wildman–Crippen MR) is 73.2 cm³/mol.